The largest absolute Gasteiger partial charge is 0.382 e. The fourth-order valence-electron chi connectivity index (χ4n) is 4.04. The fourth-order valence-corrected chi connectivity index (χ4v) is 4.04. The van der Waals surface area contributed by atoms with E-state index in [0.717, 1.165) is 37.3 Å². The molecule has 1 aromatic rings. The molecule has 2 aliphatic carbocycles. The van der Waals surface area contributed by atoms with Gasteiger partial charge in [-0.3, -0.25) is 0 Å². The first-order valence-corrected chi connectivity index (χ1v) is 6.94. The third kappa shape index (κ3) is 1.30. The van der Waals surface area contributed by atoms with E-state index < -0.39 is 6.17 Å². The molecule has 1 aliphatic heterocycles. The molecule has 3 unspecified atom stereocenters. The van der Waals surface area contributed by atoms with Gasteiger partial charge in [0.15, 0.2) is 0 Å². The van der Waals surface area contributed by atoms with Crippen LogP contribution in [0.25, 0.3) is 0 Å². The van der Waals surface area contributed by atoms with Gasteiger partial charge in [-0.05, 0) is 31.0 Å². The number of halogens is 1. The summed E-state index contributed by atoms with van der Waals surface area (Å²) in [6.07, 6.45) is 2.15. The number of fused-ring (bicyclic) bond motifs is 2. The Hall–Kier alpha value is -1.76. The molecule has 0 radical (unpaired) electrons. The first kappa shape index (κ1) is 11.1. The molecule has 3 nitrogen and oxygen atoms in total. The van der Waals surface area contributed by atoms with Crippen LogP contribution in [0.2, 0.25) is 0 Å². The molecular weight excluding hydrogens is 241 g/mol. The minimum atomic E-state index is -0.619. The zero-order valence-corrected chi connectivity index (χ0v) is 10.7. The second-order valence-electron chi connectivity index (χ2n) is 5.89. The fraction of sp³-hybridized carbons (Fsp3) is 0.533. The molecule has 0 spiro atoms. The molecular formula is C15H16FN3. The maximum Gasteiger partial charge on any atom is 0.107 e. The lowest BCUT2D eigenvalue weighted by molar-refractivity contribution is -0.0772. The quantitative estimate of drug-likeness (QED) is 0.840. The zero-order chi connectivity index (χ0) is 13.0. The van der Waals surface area contributed by atoms with Gasteiger partial charge in [-0.25, -0.2) is 4.39 Å². The molecule has 0 aromatic heterocycles. The second kappa shape index (κ2) is 3.63. The van der Waals surface area contributed by atoms with E-state index in [0.29, 0.717) is 12.0 Å². The number of nitrogens with zero attached hydrogens (tertiary/aromatic N) is 2. The second-order valence-corrected chi connectivity index (χ2v) is 5.89. The molecule has 0 amide bonds. The Morgan fingerprint density at radius 2 is 2.37 bits per heavy atom. The van der Waals surface area contributed by atoms with Crippen molar-refractivity contribution < 1.29 is 4.39 Å². The number of rotatable bonds is 1. The Bertz CT molecular complexity index is 579. The lowest BCUT2D eigenvalue weighted by Crippen LogP contribution is -2.72. The molecule has 3 atom stereocenters. The van der Waals surface area contributed by atoms with Crippen molar-refractivity contribution in [3.05, 3.63) is 23.8 Å². The van der Waals surface area contributed by atoms with E-state index >= 15 is 0 Å². The van der Waals surface area contributed by atoms with Gasteiger partial charge in [-0.2, -0.15) is 5.26 Å². The molecule has 1 N–H and O–H groups in total. The van der Waals surface area contributed by atoms with Crippen molar-refractivity contribution in [2.75, 3.05) is 23.3 Å². The highest BCUT2D eigenvalue weighted by Gasteiger charge is 2.63. The Kier molecular flexibility index (Phi) is 2.12. The van der Waals surface area contributed by atoms with Crippen molar-refractivity contribution in [1.82, 2.24) is 0 Å². The Morgan fingerprint density at radius 1 is 1.47 bits per heavy atom. The van der Waals surface area contributed by atoms with Crippen LogP contribution in [0.4, 0.5) is 15.8 Å². The molecule has 0 bridgehead atoms. The number of hydrogen-bond donors (Lipinski definition) is 1. The third-order valence-electron chi connectivity index (χ3n) is 5.17. The highest BCUT2D eigenvalue weighted by molar-refractivity contribution is 5.75. The van der Waals surface area contributed by atoms with Gasteiger partial charge in [-0.1, -0.05) is 0 Å². The van der Waals surface area contributed by atoms with E-state index in [1.807, 2.05) is 18.2 Å². The molecule has 4 heteroatoms. The van der Waals surface area contributed by atoms with Gasteiger partial charge >= 0.3 is 0 Å². The van der Waals surface area contributed by atoms with Crippen LogP contribution in [0.15, 0.2) is 18.2 Å². The molecule has 0 saturated heterocycles. The van der Waals surface area contributed by atoms with Crippen molar-refractivity contribution >= 4 is 11.4 Å². The van der Waals surface area contributed by atoms with Crippen molar-refractivity contribution in [1.29, 1.82) is 5.26 Å². The van der Waals surface area contributed by atoms with E-state index in [1.54, 1.807) is 0 Å². The van der Waals surface area contributed by atoms with Gasteiger partial charge in [0, 0.05) is 31.0 Å². The average molecular weight is 257 g/mol. The van der Waals surface area contributed by atoms with E-state index in [1.165, 1.54) is 0 Å². The van der Waals surface area contributed by atoms with Gasteiger partial charge in [0.1, 0.15) is 6.17 Å². The summed E-state index contributed by atoms with van der Waals surface area (Å²) in [4.78, 5) is 2.37. The number of anilines is 2. The Morgan fingerprint density at radius 3 is 3.00 bits per heavy atom. The van der Waals surface area contributed by atoms with E-state index in [-0.39, 0.29) is 11.5 Å². The molecule has 2 saturated carbocycles. The normalized spacial score (nSPS) is 35.1. The zero-order valence-electron chi connectivity index (χ0n) is 10.7. The Balaban J connectivity index is 1.75. The van der Waals surface area contributed by atoms with Crippen LogP contribution in [0.5, 0.6) is 0 Å². The highest BCUT2D eigenvalue weighted by Crippen LogP contribution is 2.60. The Labute approximate surface area is 112 Å². The summed E-state index contributed by atoms with van der Waals surface area (Å²) in [6, 6.07) is 7.94. The number of nitrogens with one attached hydrogen (secondary N) is 1. The molecule has 3 aliphatic rings. The summed E-state index contributed by atoms with van der Waals surface area (Å²) >= 11 is 0. The van der Waals surface area contributed by atoms with E-state index in [2.05, 4.69) is 16.3 Å². The van der Waals surface area contributed by atoms with Gasteiger partial charge in [0.05, 0.1) is 23.0 Å². The van der Waals surface area contributed by atoms with Gasteiger partial charge in [0.25, 0.3) is 0 Å². The summed E-state index contributed by atoms with van der Waals surface area (Å²) in [6.45, 7) is 1.80. The lowest BCUT2D eigenvalue weighted by Gasteiger charge is -2.66. The molecule has 19 heavy (non-hydrogen) atoms. The van der Waals surface area contributed by atoms with Crippen LogP contribution in [-0.4, -0.2) is 24.8 Å². The maximum atomic E-state index is 13.6. The van der Waals surface area contributed by atoms with E-state index in [9.17, 15) is 4.39 Å². The number of alkyl halides is 1. The molecule has 1 heterocycles. The van der Waals surface area contributed by atoms with Crippen LogP contribution in [0.3, 0.4) is 0 Å². The molecule has 1 aromatic carbocycles. The smallest absolute Gasteiger partial charge is 0.107 e. The molecule has 2 fully saturated rings. The third-order valence-corrected chi connectivity index (χ3v) is 5.17. The SMILES string of the molecule is N#Cc1ccc2c(c1)N(C13CCC1C(F)C3)CCN2. The highest BCUT2D eigenvalue weighted by atomic mass is 19.1. The minimum absolute atomic E-state index is 0.0460. The van der Waals surface area contributed by atoms with Gasteiger partial charge < -0.3 is 10.2 Å². The van der Waals surface area contributed by atoms with Crippen LogP contribution in [0, 0.1) is 17.2 Å². The van der Waals surface area contributed by atoms with Crippen LogP contribution in [0.1, 0.15) is 24.8 Å². The van der Waals surface area contributed by atoms with Crippen molar-refractivity contribution in [3.8, 4) is 6.07 Å². The van der Waals surface area contributed by atoms with Crippen LogP contribution >= 0.6 is 0 Å². The van der Waals surface area contributed by atoms with Crippen LogP contribution < -0.4 is 10.2 Å². The van der Waals surface area contributed by atoms with E-state index in [4.69, 9.17) is 5.26 Å². The first-order chi connectivity index (χ1) is 9.24. The summed E-state index contributed by atoms with van der Waals surface area (Å²) in [5, 5.41) is 12.4. The standard InChI is InChI=1S/C15H16FN3/c16-12-8-15(4-3-11(12)15)19-6-5-18-13-2-1-10(9-17)7-14(13)19/h1-2,7,11-12,18H,3-6,8H2. The molecule has 4 rings (SSSR count). The maximum absolute atomic E-state index is 13.6. The minimum Gasteiger partial charge on any atom is -0.382 e. The molecule has 98 valence electrons. The lowest BCUT2D eigenvalue weighted by atomic mass is 9.51. The summed E-state index contributed by atoms with van der Waals surface area (Å²) in [5.41, 5.74) is 2.88. The van der Waals surface area contributed by atoms with Crippen LogP contribution in [-0.2, 0) is 0 Å². The average Bonchev–Trinajstić information content (AvgIpc) is 2.42. The first-order valence-electron chi connectivity index (χ1n) is 6.94. The predicted molar refractivity (Wildman–Crippen MR) is 72.0 cm³/mol. The van der Waals surface area contributed by atoms with Gasteiger partial charge in [0.2, 0.25) is 0 Å². The number of hydrogen-bond acceptors (Lipinski definition) is 3. The predicted octanol–water partition coefficient (Wildman–Crippen LogP) is 2.68. The topological polar surface area (TPSA) is 39.1 Å². The summed E-state index contributed by atoms with van der Waals surface area (Å²) in [5.74, 6) is 0.212. The number of nitriles is 1. The van der Waals surface area contributed by atoms with Crippen molar-refractivity contribution in [2.45, 2.75) is 31.0 Å². The summed E-state index contributed by atoms with van der Waals surface area (Å²) < 4.78 is 13.6. The van der Waals surface area contributed by atoms with Gasteiger partial charge in [-0.15, -0.1) is 0 Å². The summed E-state index contributed by atoms with van der Waals surface area (Å²) in [7, 11) is 0. The van der Waals surface area contributed by atoms with Crippen molar-refractivity contribution in [2.24, 2.45) is 5.92 Å². The number of benzene rings is 1. The van der Waals surface area contributed by atoms with Crippen molar-refractivity contribution in [3.63, 3.8) is 0 Å². The monoisotopic (exact) mass is 257 g/mol.